The molecule has 0 radical (unpaired) electrons. The van der Waals surface area contributed by atoms with E-state index in [4.69, 9.17) is 5.10 Å². The minimum Gasteiger partial charge on any atom is -0.338 e. The molecule has 0 spiro atoms. The molecule has 1 aliphatic carbocycles. The van der Waals surface area contributed by atoms with Crippen molar-refractivity contribution < 1.29 is 4.79 Å². The van der Waals surface area contributed by atoms with E-state index in [2.05, 4.69) is 53.4 Å². The number of rotatable bonds is 3. The van der Waals surface area contributed by atoms with Crippen LogP contribution >= 0.6 is 0 Å². The first kappa shape index (κ1) is 19.4. The highest BCUT2D eigenvalue weighted by Gasteiger charge is 2.37. The third kappa shape index (κ3) is 3.58. The van der Waals surface area contributed by atoms with Crippen molar-refractivity contribution in [2.45, 2.75) is 40.5 Å². The average Bonchev–Trinajstić information content (AvgIpc) is 3.04. The largest absolute Gasteiger partial charge is 0.338 e. The Morgan fingerprint density at radius 2 is 1.65 bits per heavy atom. The molecule has 6 nitrogen and oxygen atoms in total. The van der Waals surface area contributed by atoms with E-state index in [0.717, 1.165) is 34.6 Å². The number of hydrogen-bond acceptors (Lipinski definition) is 5. The van der Waals surface area contributed by atoms with E-state index in [0.29, 0.717) is 23.8 Å². The predicted octanol–water partition coefficient (Wildman–Crippen LogP) is 5.33. The number of hydrogen-bond donors (Lipinski definition) is 1. The van der Waals surface area contributed by atoms with E-state index in [1.165, 1.54) is 5.39 Å². The van der Waals surface area contributed by atoms with Gasteiger partial charge in [0.2, 0.25) is 0 Å². The Morgan fingerprint density at radius 1 is 0.935 bits per heavy atom. The van der Waals surface area contributed by atoms with Crippen LogP contribution in [0.3, 0.4) is 0 Å². The Hall–Kier alpha value is -3.54. The highest BCUT2D eigenvalue weighted by molar-refractivity contribution is 6.04. The molecule has 31 heavy (non-hydrogen) atoms. The first-order valence-corrected chi connectivity index (χ1v) is 10.5. The smallest absolute Gasteiger partial charge is 0.251 e. The van der Waals surface area contributed by atoms with Crippen LogP contribution in [0.1, 0.15) is 47.7 Å². The number of aromatic nitrogens is 4. The minimum atomic E-state index is -0.138. The summed E-state index contributed by atoms with van der Waals surface area (Å²) in [5.41, 5.74) is 4.02. The first-order valence-electron chi connectivity index (χ1n) is 10.5. The van der Waals surface area contributed by atoms with Crippen molar-refractivity contribution in [2.75, 3.05) is 5.32 Å². The lowest BCUT2D eigenvalue weighted by Gasteiger charge is -2.28. The molecule has 2 aromatic heterocycles. The van der Waals surface area contributed by atoms with Gasteiger partial charge in [-0.3, -0.25) is 4.79 Å². The summed E-state index contributed by atoms with van der Waals surface area (Å²) in [6, 6.07) is 16.3. The van der Waals surface area contributed by atoms with Gasteiger partial charge in [0, 0.05) is 23.5 Å². The Balaban J connectivity index is 1.65. The van der Waals surface area contributed by atoms with Gasteiger partial charge in [-0.1, -0.05) is 44.2 Å². The summed E-state index contributed by atoms with van der Waals surface area (Å²) in [6.45, 7) is 8.11. The summed E-state index contributed by atoms with van der Waals surface area (Å²) in [6.07, 6.45) is 1.22. The first-order chi connectivity index (χ1) is 14.8. The summed E-state index contributed by atoms with van der Waals surface area (Å²) in [4.78, 5) is 22.4. The minimum absolute atomic E-state index is 0.102. The molecule has 4 aromatic rings. The maximum Gasteiger partial charge on any atom is 0.251 e. The second-order valence-corrected chi connectivity index (χ2v) is 9.16. The fourth-order valence-electron chi connectivity index (χ4n) is 4.41. The molecule has 0 unspecified atom stereocenters. The number of anilines is 2. The molecular weight excluding hydrogens is 386 g/mol. The standard InChI is InChI=1S/C25H25N5O/c1-15-11-16(2)27-24(26-15)30-20-13-25(3,4)14-21(31)22(20)23(29-30)28-19-10-9-17-7-5-6-8-18(17)12-19/h5-12H,13-14H2,1-4H3,(H,28,29). The van der Waals surface area contributed by atoms with Gasteiger partial charge < -0.3 is 5.32 Å². The molecule has 6 heteroatoms. The Labute approximate surface area is 181 Å². The van der Waals surface area contributed by atoms with Crippen molar-refractivity contribution in [3.05, 3.63) is 71.2 Å². The molecule has 1 N–H and O–H groups in total. The van der Waals surface area contributed by atoms with Gasteiger partial charge in [-0.25, -0.2) is 14.6 Å². The van der Waals surface area contributed by atoms with Gasteiger partial charge in [-0.05, 0) is 54.7 Å². The van der Waals surface area contributed by atoms with Crippen LogP contribution in [0.25, 0.3) is 16.7 Å². The van der Waals surface area contributed by atoms with Crippen molar-refractivity contribution >= 4 is 28.1 Å². The van der Waals surface area contributed by atoms with Crippen LogP contribution < -0.4 is 5.32 Å². The SMILES string of the molecule is Cc1cc(C)nc(-n2nc(Nc3ccc4ccccc4c3)c3c2CC(C)(C)CC3=O)n1. The van der Waals surface area contributed by atoms with Crippen molar-refractivity contribution in [1.29, 1.82) is 0 Å². The Bertz CT molecular complexity index is 1320. The fraction of sp³-hybridized carbons (Fsp3) is 0.280. The summed E-state index contributed by atoms with van der Waals surface area (Å²) in [5.74, 6) is 1.17. The number of carbonyl (C=O) groups excluding carboxylic acids is 1. The normalized spacial score (nSPS) is 15.2. The number of Topliss-reactive ketones (excluding diaryl/α,β-unsaturated/α-hetero) is 1. The summed E-state index contributed by atoms with van der Waals surface area (Å²) in [7, 11) is 0. The second-order valence-electron chi connectivity index (χ2n) is 9.16. The number of nitrogens with one attached hydrogen (secondary N) is 1. The van der Waals surface area contributed by atoms with Crippen LogP contribution in [0.15, 0.2) is 48.5 Å². The van der Waals surface area contributed by atoms with Gasteiger partial charge >= 0.3 is 0 Å². The van der Waals surface area contributed by atoms with E-state index >= 15 is 0 Å². The molecule has 2 aromatic carbocycles. The number of aryl methyl sites for hydroxylation is 2. The lowest BCUT2D eigenvalue weighted by molar-refractivity contribution is 0.0911. The van der Waals surface area contributed by atoms with Crippen LogP contribution in [-0.2, 0) is 6.42 Å². The van der Waals surface area contributed by atoms with E-state index in [1.54, 1.807) is 4.68 Å². The highest BCUT2D eigenvalue weighted by Crippen LogP contribution is 2.39. The number of benzene rings is 2. The predicted molar refractivity (Wildman–Crippen MR) is 122 cm³/mol. The van der Waals surface area contributed by atoms with Gasteiger partial charge in [0.25, 0.3) is 5.95 Å². The second kappa shape index (κ2) is 7.01. The number of nitrogens with zero attached hydrogens (tertiary/aromatic N) is 4. The molecule has 2 heterocycles. The number of fused-ring (bicyclic) bond motifs is 2. The summed E-state index contributed by atoms with van der Waals surface area (Å²) < 4.78 is 1.75. The van der Waals surface area contributed by atoms with E-state index in [1.807, 2.05) is 38.1 Å². The van der Waals surface area contributed by atoms with Crippen LogP contribution in [0.4, 0.5) is 11.5 Å². The number of carbonyl (C=O) groups is 1. The molecule has 0 atom stereocenters. The lowest BCUT2D eigenvalue weighted by Crippen LogP contribution is -2.28. The van der Waals surface area contributed by atoms with Crippen LogP contribution in [0.2, 0.25) is 0 Å². The summed E-state index contributed by atoms with van der Waals surface area (Å²) >= 11 is 0. The van der Waals surface area contributed by atoms with E-state index in [-0.39, 0.29) is 11.2 Å². The maximum absolute atomic E-state index is 13.2. The molecule has 0 aliphatic heterocycles. The molecule has 5 rings (SSSR count). The molecule has 0 fully saturated rings. The Morgan fingerprint density at radius 3 is 2.39 bits per heavy atom. The molecule has 0 saturated heterocycles. The highest BCUT2D eigenvalue weighted by atomic mass is 16.1. The zero-order valence-corrected chi connectivity index (χ0v) is 18.2. The molecule has 0 saturated carbocycles. The van der Waals surface area contributed by atoms with Crippen molar-refractivity contribution in [2.24, 2.45) is 5.41 Å². The van der Waals surface area contributed by atoms with Gasteiger partial charge in [-0.2, -0.15) is 0 Å². The third-order valence-electron chi connectivity index (χ3n) is 5.72. The van der Waals surface area contributed by atoms with Gasteiger partial charge in [0.05, 0.1) is 11.3 Å². The van der Waals surface area contributed by atoms with Crippen LogP contribution in [0, 0.1) is 19.3 Å². The quantitative estimate of drug-likeness (QED) is 0.493. The topological polar surface area (TPSA) is 72.7 Å². The van der Waals surface area contributed by atoms with E-state index < -0.39 is 0 Å². The van der Waals surface area contributed by atoms with Gasteiger partial charge in [0.1, 0.15) is 0 Å². The average molecular weight is 412 g/mol. The van der Waals surface area contributed by atoms with Crippen molar-refractivity contribution in [1.82, 2.24) is 19.7 Å². The number of ketones is 1. The molecule has 0 bridgehead atoms. The molecule has 0 amide bonds. The van der Waals surface area contributed by atoms with Crippen molar-refractivity contribution in [3.8, 4) is 5.95 Å². The lowest BCUT2D eigenvalue weighted by atomic mass is 9.76. The zero-order chi connectivity index (χ0) is 21.8. The fourth-order valence-corrected chi connectivity index (χ4v) is 4.41. The molecule has 1 aliphatic rings. The Kier molecular flexibility index (Phi) is 4.39. The maximum atomic E-state index is 13.2. The molecule has 156 valence electrons. The van der Waals surface area contributed by atoms with Crippen molar-refractivity contribution in [3.63, 3.8) is 0 Å². The third-order valence-corrected chi connectivity index (χ3v) is 5.72. The van der Waals surface area contributed by atoms with E-state index in [9.17, 15) is 4.79 Å². The zero-order valence-electron chi connectivity index (χ0n) is 18.2. The van der Waals surface area contributed by atoms with Gasteiger partial charge in [-0.15, -0.1) is 5.10 Å². The summed E-state index contributed by atoms with van der Waals surface area (Å²) in [5, 5.41) is 10.5. The molecular formula is C25H25N5O. The monoisotopic (exact) mass is 411 g/mol. The van der Waals surface area contributed by atoms with Crippen LogP contribution in [-0.4, -0.2) is 25.5 Å². The van der Waals surface area contributed by atoms with Gasteiger partial charge in [0.15, 0.2) is 11.6 Å². The van der Waals surface area contributed by atoms with Crippen LogP contribution in [0.5, 0.6) is 0 Å².